The standard InChI is InChI=1S/C28H33ClN8O/c29-23-8-4-7-22(19-23)25-24-26(30)37(20-21-5-2-1-3-6-21)33-27(24)32-28(31-25)36-13-11-34(12-14-36)9-10-35-15-17-38-18-16-35/h1-8,19H,9-18,20,30H2. The number of hydrogen-bond donors (Lipinski definition) is 1. The molecule has 0 unspecified atom stereocenters. The minimum Gasteiger partial charge on any atom is -0.383 e. The molecule has 2 fully saturated rings. The van der Waals surface area contributed by atoms with E-state index in [1.54, 1.807) is 0 Å². The van der Waals surface area contributed by atoms with Gasteiger partial charge in [-0.25, -0.2) is 9.67 Å². The van der Waals surface area contributed by atoms with Crippen molar-refractivity contribution in [3.8, 4) is 11.3 Å². The van der Waals surface area contributed by atoms with Crippen LogP contribution in [0, 0.1) is 0 Å². The summed E-state index contributed by atoms with van der Waals surface area (Å²) in [6.45, 7) is 10.1. The molecule has 0 aliphatic carbocycles. The number of halogens is 1. The molecule has 2 aliphatic heterocycles. The maximum absolute atomic E-state index is 6.66. The molecule has 2 aromatic heterocycles. The van der Waals surface area contributed by atoms with Crippen molar-refractivity contribution >= 4 is 34.4 Å². The molecule has 2 aliphatic rings. The van der Waals surface area contributed by atoms with E-state index in [0.717, 1.165) is 87.8 Å². The van der Waals surface area contributed by atoms with Crippen molar-refractivity contribution < 1.29 is 4.74 Å². The highest BCUT2D eigenvalue weighted by molar-refractivity contribution is 6.30. The summed E-state index contributed by atoms with van der Waals surface area (Å²) < 4.78 is 7.29. The van der Waals surface area contributed by atoms with Gasteiger partial charge in [0, 0.05) is 62.9 Å². The number of ether oxygens (including phenoxy) is 1. The molecular formula is C28H33ClN8O. The second-order valence-electron chi connectivity index (χ2n) is 9.89. The number of hydrogen-bond acceptors (Lipinski definition) is 8. The van der Waals surface area contributed by atoms with Crippen LogP contribution in [0.3, 0.4) is 0 Å². The van der Waals surface area contributed by atoms with Gasteiger partial charge in [-0.2, -0.15) is 4.98 Å². The first-order valence-electron chi connectivity index (χ1n) is 13.3. The summed E-state index contributed by atoms with van der Waals surface area (Å²) in [6.07, 6.45) is 0. The monoisotopic (exact) mass is 532 g/mol. The Bertz CT molecular complexity index is 1380. The zero-order valence-electron chi connectivity index (χ0n) is 21.5. The molecule has 0 amide bonds. The van der Waals surface area contributed by atoms with Crippen LogP contribution in [-0.4, -0.2) is 95.1 Å². The van der Waals surface area contributed by atoms with Crippen molar-refractivity contribution in [2.24, 2.45) is 0 Å². The van der Waals surface area contributed by atoms with Gasteiger partial charge in [0.05, 0.1) is 30.8 Å². The van der Waals surface area contributed by atoms with Gasteiger partial charge in [-0.05, 0) is 17.7 Å². The van der Waals surface area contributed by atoms with E-state index in [0.29, 0.717) is 29.0 Å². The van der Waals surface area contributed by atoms with Crippen LogP contribution in [0.2, 0.25) is 5.02 Å². The number of rotatable bonds is 7. The number of fused-ring (bicyclic) bond motifs is 1. The Morgan fingerprint density at radius 1 is 0.842 bits per heavy atom. The number of nitrogen functional groups attached to an aromatic ring is 1. The van der Waals surface area contributed by atoms with Gasteiger partial charge in [0.2, 0.25) is 5.95 Å². The number of aromatic nitrogens is 4. The van der Waals surface area contributed by atoms with Gasteiger partial charge in [0.15, 0.2) is 5.65 Å². The maximum Gasteiger partial charge on any atom is 0.228 e. The largest absolute Gasteiger partial charge is 0.383 e. The number of piperazine rings is 1. The molecule has 2 N–H and O–H groups in total. The zero-order valence-corrected chi connectivity index (χ0v) is 22.2. The molecule has 0 atom stereocenters. The number of benzene rings is 2. The summed E-state index contributed by atoms with van der Waals surface area (Å²) in [5, 5.41) is 6.24. The molecule has 9 nitrogen and oxygen atoms in total. The Hall–Kier alpha value is -3.24. The summed E-state index contributed by atoms with van der Waals surface area (Å²) in [7, 11) is 0. The van der Waals surface area contributed by atoms with E-state index >= 15 is 0 Å². The summed E-state index contributed by atoms with van der Waals surface area (Å²) in [5.41, 5.74) is 10.1. The van der Waals surface area contributed by atoms with Gasteiger partial charge in [0.25, 0.3) is 0 Å². The second-order valence-corrected chi connectivity index (χ2v) is 10.3. The topological polar surface area (TPSA) is 88.6 Å². The normalized spacial score (nSPS) is 17.3. The van der Waals surface area contributed by atoms with E-state index in [1.165, 1.54) is 0 Å². The minimum absolute atomic E-state index is 0.554. The van der Waals surface area contributed by atoms with Crippen LogP contribution >= 0.6 is 11.6 Å². The lowest BCUT2D eigenvalue weighted by Gasteiger charge is -2.36. The minimum atomic E-state index is 0.554. The molecule has 2 aromatic carbocycles. The van der Waals surface area contributed by atoms with Gasteiger partial charge >= 0.3 is 0 Å². The van der Waals surface area contributed by atoms with Crippen LogP contribution in [0.25, 0.3) is 22.3 Å². The van der Waals surface area contributed by atoms with Gasteiger partial charge in [0.1, 0.15) is 5.82 Å². The third-order valence-corrected chi connectivity index (χ3v) is 7.63. The van der Waals surface area contributed by atoms with Crippen LogP contribution in [0.15, 0.2) is 54.6 Å². The van der Waals surface area contributed by atoms with Crippen LogP contribution in [0.4, 0.5) is 11.8 Å². The van der Waals surface area contributed by atoms with Gasteiger partial charge in [-0.1, -0.05) is 54.1 Å². The molecule has 0 saturated carbocycles. The number of morpholine rings is 1. The first kappa shape index (κ1) is 25.1. The summed E-state index contributed by atoms with van der Waals surface area (Å²) >= 11 is 6.37. The van der Waals surface area contributed by atoms with Crippen molar-refractivity contribution in [1.29, 1.82) is 0 Å². The molecule has 198 valence electrons. The van der Waals surface area contributed by atoms with Crippen molar-refractivity contribution in [2.75, 3.05) is 76.2 Å². The highest BCUT2D eigenvalue weighted by Crippen LogP contribution is 2.33. The van der Waals surface area contributed by atoms with Gasteiger partial charge in [-0.15, -0.1) is 5.10 Å². The highest BCUT2D eigenvalue weighted by Gasteiger charge is 2.24. The van der Waals surface area contributed by atoms with E-state index in [2.05, 4.69) is 26.8 Å². The highest BCUT2D eigenvalue weighted by atomic mass is 35.5. The quantitative estimate of drug-likeness (QED) is 0.388. The number of nitrogens with zero attached hydrogens (tertiary/aromatic N) is 7. The average molecular weight is 533 g/mol. The van der Waals surface area contributed by atoms with Crippen molar-refractivity contribution in [3.63, 3.8) is 0 Å². The zero-order chi connectivity index (χ0) is 25.9. The Balaban J connectivity index is 1.26. The van der Waals surface area contributed by atoms with Crippen LogP contribution in [0.1, 0.15) is 5.56 Å². The van der Waals surface area contributed by atoms with Crippen molar-refractivity contribution in [2.45, 2.75) is 6.54 Å². The fraction of sp³-hybridized carbons (Fsp3) is 0.393. The van der Waals surface area contributed by atoms with Gasteiger partial charge in [-0.3, -0.25) is 9.80 Å². The first-order valence-corrected chi connectivity index (χ1v) is 13.6. The Morgan fingerprint density at radius 2 is 1.58 bits per heavy atom. The predicted octanol–water partition coefficient (Wildman–Crippen LogP) is 3.23. The van der Waals surface area contributed by atoms with E-state index < -0.39 is 0 Å². The van der Waals surface area contributed by atoms with Crippen LogP contribution in [-0.2, 0) is 11.3 Å². The first-order chi connectivity index (χ1) is 18.6. The van der Waals surface area contributed by atoms with Crippen molar-refractivity contribution in [1.82, 2.24) is 29.5 Å². The lowest BCUT2D eigenvalue weighted by molar-refractivity contribution is 0.0331. The van der Waals surface area contributed by atoms with Crippen LogP contribution in [0.5, 0.6) is 0 Å². The molecule has 0 spiro atoms. The summed E-state index contributed by atoms with van der Waals surface area (Å²) in [5.74, 6) is 1.24. The van der Waals surface area contributed by atoms with E-state index in [4.69, 9.17) is 37.1 Å². The van der Waals surface area contributed by atoms with E-state index in [-0.39, 0.29) is 0 Å². The molecule has 4 heterocycles. The van der Waals surface area contributed by atoms with Gasteiger partial charge < -0.3 is 15.4 Å². The molecule has 2 saturated heterocycles. The third-order valence-electron chi connectivity index (χ3n) is 7.39. The van der Waals surface area contributed by atoms with E-state index in [9.17, 15) is 0 Å². The number of anilines is 2. The smallest absolute Gasteiger partial charge is 0.228 e. The molecule has 10 heteroatoms. The summed E-state index contributed by atoms with van der Waals surface area (Å²) in [4.78, 5) is 17.2. The molecule has 0 radical (unpaired) electrons. The fourth-order valence-corrected chi connectivity index (χ4v) is 5.38. The molecular weight excluding hydrogens is 500 g/mol. The van der Waals surface area contributed by atoms with E-state index in [1.807, 2.05) is 47.1 Å². The summed E-state index contributed by atoms with van der Waals surface area (Å²) in [6, 6.07) is 17.9. The lowest BCUT2D eigenvalue weighted by atomic mass is 10.1. The third kappa shape index (κ3) is 5.47. The molecule has 6 rings (SSSR count). The Morgan fingerprint density at radius 3 is 2.32 bits per heavy atom. The molecule has 0 bridgehead atoms. The molecule has 4 aromatic rings. The maximum atomic E-state index is 6.66. The average Bonchev–Trinajstić information content (AvgIpc) is 3.27. The molecule has 38 heavy (non-hydrogen) atoms. The van der Waals surface area contributed by atoms with Crippen molar-refractivity contribution in [3.05, 3.63) is 65.2 Å². The number of nitrogens with two attached hydrogens (primary N) is 1. The Kier molecular flexibility index (Phi) is 7.42. The SMILES string of the molecule is Nc1c2c(-c3cccc(Cl)c3)nc(N3CCN(CCN4CCOCC4)CC3)nc2nn1Cc1ccccc1. The lowest BCUT2D eigenvalue weighted by Crippen LogP contribution is -2.49. The second kappa shape index (κ2) is 11.2. The van der Waals surface area contributed by atoms with Crippen LogP contribution < -0.4 is 10.6 Å². The predicted molar refractivity (Wildman–Crippen MR) is 152 cm³/mol. The Labute approximate surface area is 227 Å². The fourth-order valence-electron chi connectivity index (χ4n) is 5.18.